The van der Waals surface area contributed by atoms with Crippen LogP contribution in [0, 0.1) is 12.8 Å². The highest BCUT2D eigenvalue weighted by Gasteiger charge is 2.24. The number of aliphatic hydroxyl groups excluding tert-OH is 1. The van der Waals surface area contributed by atoms with Gasteiger partial charge in [0, 0.05) is 26.2 Å². The topological polar surface area (TPSA) is 67.3 Å². The van der Waals surface area contributed by atoms with Crippen LogP contribution < -0.4 is 10.6 Å². The first-order valence-electron chi connectivity index (χ1n) is 6.86. The van der Waals surface area contributed by atoms with E-state index in [2.05, 4.69) is 16.9 Å². The molecule has 2 rings (SSSR count). The third kappa shape index (κ3) is 2.46. The van der Waals surface area contributed by atoms with E-state index in [0.29, 0.717) is 5.92 Å². The molecular weight excluding hydrogens is 228 g/mol. The maximum absolute atomic E-state index is 9.32. The second-order valence-electron chi connectivity index (χ2n) is 5.18. The molecule has 5 heteroatoms. The van der Waals surface area contributed by atoms with Crippen molar-refractivity contribution in [1.82, 2.24) is 9.78 Å². The first-order chi connectivity index (χ1) is 8.67. The molecule has 0 aliphatic carbocycles. The highest BCUT2D eigenvalue weighted by molar-refractivity contribution is 5.66. The summed E-state index contributed by atoms with van der Waals surface area (Å²) in [4.78, 5) is 2.29. The number of nitrogens with two attached hydrogens (primary N) is 1. The lowest BCUT2D eigenvalue weighted by molar-refractivity contribution is 0.208. The second kappa shape index (κ2) is 5.61. The van der Waals surface area contributed by atoms with Crippen molar-refractivity contribution in [2.24, 2.45) is 5.92 Å². The largest absolute Gasteiger partial charge is 0.396 e. The fourth-order valence-electron chi connectivity index (χ4n) is 2.69. The van der Waals surface area contributed by atoms with Crippen molar-refractivity contribution in [2.75, 3.05) is 30.3 Å². The lowest BCUT2D eigenvalue weighted by atomic mass is 9.99. The Bertz CT molecular complexity index is 402. The Morgan fingerprint density at radius 1 is 1.50 bits per heavy atom. The monoisotopic (exact) mass is 252 g/mol. The minimum Gasteiger partial charge on any atom is -0.396 e. The molecule has 3 N–H and O–H groups in total. The van der Waals surface area contributed by atoms with E-state index in [-0.39, 0.29) is 6.61 Å². The van der Waals surface area contributed by atoms with Gasteiger partial charge in [0.1, 0.15) is 0 Å². The third-order valence-corrected chi connectivity index (χ3v) is 3.66. The van der Waals surface area contributed by atoms with Crippen LogP contribution in [0.4, 0.5) is 11.5 Å². The average molecular weight is 252 g/mol. The summed E-state index contributed by atoms with van der Waals surface area (Å²) in [5.41, 5.74) is 7.86. The van der Waals surface area contributed by atoms with Crippen LogP contribution in [0.1, 0.15) is 31.9 Å². The molecule has 1 atom stereocenters. The van der Waals surface area contributed by atoms with E-state index >= 15 is 0 Å². The average Bonchev–Trinajstić information content (AvgIpc) is 2.65. The SMILES string of the molecule is CCCn1nc(C)c(N)c1N1CCCC(CO)C1. The van der Waals surface area contributed by atoms with E-state index < -0.39 is 0 Å². The van der Waals surface area contributed by atoms with E-state index in [4.69, 9.17) is 5.73 Å². The van der Waals surface area contributed by atoms with E-state index in [0.717, 1.165) is 56.1 Å². The predicted molar refractivity (Wildman–Crippen MR) is 73.7 cm³/mol. The van der Waals surface area contributed by atoms with Crippen molar-refractivity contribution in [3.63, 3.8) is 0 Å². The number of aromatic nitrogens is 2. The zero-order chi connectivity index (χ0) is 13.1. The molecule has 1 aromatic heterocycles. The van der Waals surface area contributed by atoms with E-state index in [1.165, 1.54) is 0 Å². The maximum Gasteiger partial charge on any atom is 0.150 e. The summed E-state index contributed by atoms with van der Waals surface area (Å²) in [7, 11) is 0. The van der Waals surface area contributed by atoms with Crippen LogP contribution >= 0.6 is 0 Å². The molecule has 2 heterocycles. The fraction of sp³-hybridized carbons (Fsp3) is 0.769. The van der Waals surface area contributed by atoms with Crippen molar-refractivity contribution >= 4 is 11.5 Å². The maximum atomic E-state index is 9.32. The lowest BCUT2D eigenvalue weighted by Gasteiger charge is -2.34. The normalized spacial score (nSPS) is 20.4. The highest BCUT2D eigenvalue weighted by Crippen LogP contribution is 2.30. The first kappa shape index (κ1) is 13.2. The molecule has 0 spiro atoms. The quantitative estimate of drug-likeness (QED) is 0.850. The van der Waals surface area contributed by atoms with Crippen LogP contribution in [0.25, 0.3) is 0 Å². The molecule has 0 radical (unpaired) electrons. The minimum atomic E-state index is 0.261. The van der Waals surface area contributed by atoms with Gasteiger partial charge in [0.25, 0.3) is 0 Å². The Kier molecular flexibility index (Phi) is 4.11. The zero-order valence-electron chi connectivity index (χ0n) is 11.4. The number of rotatable bonds is 4. The van der Waals surface area contributed by atoms with Gasteiger partial charge in [-0.2, -0.15) is 5.10 Å². The summed E-state index contributed by atoms with van der Waals surface area (Å²) >= 11 is 0. The molecule has 102 valence electrons. The summed E-state index contributed by atoms with van der Waals surface area (Å²) in [6.07, 6.45) is 3.26. The number of hydrogen-bond acceptors (Lipinski definition) is 4. The Morgan fingerprint density at radius 3 is 2.94 bits per heavy atom. The predicted octanol–water partition coefficient (Wildman–Crippen LogP) is 1.39. The van der Waals surface area contributed by atoms with E-state index in [9.17, 15) is 5.11 Å². The van der Waals surface area contributed by atoms with Crippen LogP contribution in [0.5, 0.6) is 0 Å². The Balaban J connectivity index is 2.25. The van der Waals surface area contributed by atoms with Gasteiger partial charge >= 0.3 is 0 Å². The Morgan fingerprint density at radius 2 is 2.28 bits per heavy atom. The fourth-order valence-corrected chi connectivity index (χ4v) is 2.69. The van der Waals surface area contributed by atoms with Gasteiger partial charge < -0.3 is 15.7 Å². The third-order valence-electron chi connectivity index (χ3n) is 3.66. The van der Waals surface area contributed by atoms with Crippen LogP contribution in [-0.2, 0) is 6.54 Å². The summed E-state index contributed by atoms with van der Waals surface area (Å²) in [6, 6.07) is 0. The summed E-state index contributed by atoms with van der Waals surface area (Å²) < 4.78 is 2.02. The molecule has 1 fully saturated rings. The van der Waals surface area contributed by atoms with Gasteiger partial charge in [0.2, 0.25) is 0 Å². The van der Waals surface area contributed by atoms with Gasteiger partial charge in [-0.1, -0.05) is 6.92 Å². The highest BCUT2D eigenvalue weighted by atomic mass is 16.3. The molecular formula is C13H24N4O. The smallest absolute Gasteiger partial charge is 0.150 e. The molecule has 0 amide bonds. The van der Waals surface area contributed by atoms with Gasteiger partial charge in [-0.3, -0.25) is 0 Å². The second-order valence-corrected chi connectivity index (χ2v) is 5.18. The molecule has 1 aromatic rings. The van der Waals surface area contributed by atoms with Crippen molar-refractivity contribution < 1.29 is 5.11 Å². The molecule has 1 unspecified atom stereocenters. The van der Waals surface area contributed by atoms with Crippen molar-refractivity contribution in [2.45, 2.75) is 39.7 Å². The van der Waals surface area contributed by atoms with Crippen LogP contribution in [0.2, 0.25) is 0 Å². The van der Waals surface area contributed by atoms with Crippen molar-refractivity contribution in [3.05, 3.63) is 5.69 Å². The van der Waals surface area contributed by atoms with Crippen molar-refractivity contribution in [1.29, 1.82) is 0 Å². The Hall–Kier alpha value is -1.23. The van der Waals surface area contributed by atoms with Crippen LogP contribution in [0.15, 0.2) is 0 Å². The number of anilines is 2. The summed E-state index contributed by atoms with van der Waals surface area (Å²) in [5.74, 6) is 1.41. The van der Waals surface area contributed by atoms with Gasteiger partial charge in [0.05, 0.1) is 11.4 Å². The molecule has 1 saturated heterocycles. The molecule has 0 saturated carbocycles. The van der Waals surface area contributed by atoms with Crippen LogP contribution in [-0.4, -0.2) is 34.6 Å². The van der Waals surface area contributed by atoms with E-state index in [1.807, 2.05) is 11.6 Å². The van der Waals surface area contributed by atoms with Gasteiger partial charge in [-0.15, -0.1) is 0 Å². The van der Waals surface area contributed by atoms with E-state index in [1.54, 1.807) is 0 Å². The van der Waals surface area contributed by atoms with Gasteiger partial charge in [-0.05, 0) is 32.1 Å². The molecule has 1 aliphatic heterocycles. The number of nitrogens with zero attached hydrogens (tertiary/aromatic N) is 3. The van der Waals surface area contributed by atoms with Crippen molar-refractivity contribution in [3.8, 4) is 0 Å². The summed E-state index contributed by atoms with van der Waals surface area (Å²) in [5, 5.41) is 13.8. The summed E-state index contributed by atoms with van der Waals surface area (Å²) in [6.45, 7) is 7.15. The molecule has 18 heavy (non-hydrogen) atoms. The number of aliphatic hydroxyl groups is 1. The van der Waals surface area contributed by atoms with Crippen LogP contribution in [0.3, 0.4) is 0 Å². The minimum absolute atomic E-state index is 0.261. The number of nitrogen functional groups attached to an aromatic ring is 1. The number of aryl methyl sites for hydroxylation is 2. The molecule has 1 aliphatic rings. The first-order valence-corrected chi connectivity index (χ1v) is 6.86. The zero-order valence-corrected chi connectivity index (χ0v) is 11.4. The molecule has 0 bridgehead atoms. The standard InChI is InChI=1S/C13H24N4O/c1-3-6-17-13(12(14)10(2)15-17)16-7-4-5-11(8-16)9-18/h11,18H,3-9,14H2,1-2H3. The Labute approximate surface area is 109 Å². The number of piperidine rings is 1. The van der Waals surface area contributed by atoms with Gasteiger partial charge in [-0.25, -0.2) is 4.68 Å². The molecule has 0 aromatic carbocycles. The molecule has 5 nitrogen and oxygen atoms in total. The lowest BCUT2D eigenvalue weighted by Crippen LogP contribution is -2.38. The van der Waals surface area contributed by atoms with Gasteiger partial charge in [0.15, 0.2) is 5.82 Å². The number of hydrogen-bond donors (Lipinski definition) is 2.